The maximum Gasteiger partial charge on any atom is 0.333 e. The van der Waals surface area contributed by atoms with E-state index in [1.165, 1.54) is 28.5 Å². The molecule has 0 aromatic rings. The summed E-state index contributed by atoms with van der Waals surface area (Å²) in [6, 6.07) is 0. The summed E-state index contributed by atoms with van der Waals surface area (Å²) >= 11 is 1.41. The van der Waals surface area contributed by atoms with Gasteiger partial charge in [0.25, 0.3) is 0 Å². The summed E-state index contributed by atoms with van der Waals surface area (Å²) in [4.78, 5) is 49.9. The number of carbonyl (C=O) groups excluding carboxylic acids is 4. The fourth-order valence-electron chi connectivity index (χ4n) is 2.10. The number of nitrogens with zero attached hydrogens (tertiary/aromatic N) is 2. The van der Waals surface area contributed by atoms with Crippen molar-refractivity contribution in [2.75, 3.05) is 44.8 Å². The summed E-state index contributed by atoms with van der Waals surface area (Å²) in [5.74, 6) is -1.32. The van der Waals surface area contributed by atoms with Gasteiger partial charge in [0.05, 0.1) is 6.54 Å². The Balaban J connectivity index is 2.57. The Morgan fingerprint density at radius 1 is 1.11 bits per heavy atom. The minimum Gasteiger partial charge on any atom is -0.461 e. The van der Waals surface area contributed by atoms with Crippen LogP contribution >= 0.6 is 11.8 Å². The van der Waals surface area contributed by atoms with Crippen LogP contribution < -0.4 is 0 Å². The molecule has 0 spiro atoms. The van der Waals surface area contributed by atoms with Gasteiger partial charge in [-0.05, 0) is 13.8 Å². The van der Waals surface area contributed by atoms with E-state index >= 15 is 0 Å². The molecule has 0 N–H and O–H groups in total. The molecule has 0 bridgehead atoms. The number of piperazine rings is 1. The highest BCUT2D eigenvalue weighted by molar-refractivity contribution is 7.99. The Morgan fingerprint density at radius 2 is 1.74 bits per heavy atom. The summed E-state index contributed by atoms with van der Waals surface area (Å²) in [5, 5.41) is 0. The Kier molecular flexibility index (Phi) is 9.07. The van der Waals surface area contributed by atoms with Gasteiger partial charge >= 0.3 is 23.8 Å². The number of hydrogen-bond donors (Lipinski definition) is 0. The van der Waals surface area contributed by atoms with Crippen molar-refractivity contribution < 1.29 is 28.7 Å². The molecule has 1 saturated heterocycles. The fourth-order valence-corrected chi connectivity index (χ4v) is 2.90. The van der Waals surface area contributed by atoms with Crippen LogP contribution in [0.2, 0.25) is 0 Å². The van der Waals surface area contributed by atoms with E-state index in [0.717, 1.165) is 0 Å². The second-order valence-corrected chi connectivity index (χ2v) is 7.43. The molecule has 1 rings (SSSR count). The van der Waals surface area contributed by atoms with Crippen molar-refractivity contribution in [1.82, 2.24) is 9.80 Å². The van der Waals surface area contributed by atoms with E-state index < -0.39 is 29.9 Å². The Bertz CT molecular complexity index is 633. The lowest BCUT2D eigenvalue weighted by molar-refractivity contribution is -0.157. The second-order valence-electron chi connectivity index (χ2n) is 6.28. The van der Waals surface area contributed by atoms with Crippen LogP contribution in [0.1, 0.15) is 13.8 Å². The summed E-state index contributed by atoms with van der Waals surface area (Å²) < 4.78 is 10.4. The maximum atomic E-state index is 12.1. The monoisotopic (exact) mass is 398 g/mol. The third-order valence-electron chi connectivity index (χ3n) is 3.68. The van der Waals surface area contributed by atoms with Crippen molar-refractivity contribution in [3.63, 3.8) is 0 Å². The van der Waals surface area contributed by atoms with Crippen molar-refractivity contribution in [3.8, 4) is 0 Å². The highest BCUT2D eigenvalue weighted by Gasteiger charge is 2.32. The SMILES string of the molecule is C=C(C)C(=O)OCCSCC(CN1CCN(C)C(=O)C1=O)OC(=O)C(=C)C. The minimum atomic E-state index is -0.611. The van der Waals surface area contributed by atoms with Gasteiger partial charge in [0, 0.05) is 42.8 Å². The average molecular weight is 398 g/mol. The van der Waals surface area contributed by atoms with Gasteiger partial charge in [-0.15, -0.1) is 0 Å². The number of hydrogen-bond acceptors (Lipinski definition) is 7. The lowest BCUT2D eigenvalue weighted by Gasteiger charge is -2.33. The van der Waals surface area contributed by atoms with Gasteiger partial charge in [-0.25, -0.2) is 9.59 Å². The van der Waals surface area contributed by atoms with Gasteiger partial charge < -0.3 is 19.3 Å². The molecule has 1 heterocycles. The van der Waals surface area contributed by atoms with Gasteiger partial charge in [0.1, 0.15) is 12.7 Å². The first-order chi connectivity index (χ1) is 12.6. The van der Waals surface area contributed by atoms with Gasteiger partial charge in [0.2, 0.25) is 0 Å². The summed E-state index contributed by atoms with van der Waals surface area (Å²) in [7, 11) is 1.57. The molecular weight excluding hydrogens is 372 g/mol. The van der Waals surface area contributed by atoms with Crippen LogP contribution in [0.4, 0.5) is 0 Å². The van der Waals surface area contributed by atoms with Crippen LogP contribution in [0.15, 0.2) is 24.3 Å². The van der Waals surface area contributed by atoms with Crippen LogP contribution in [-0.2, 0) is 28.7 Å². The molecule has 0 aliphatic carbocycles. The first kappa shape index (κ1) is 22.8. The number of rotatable bonds is 10. The van der Waals surface area contributed by atoms with Crippen LogP contribution in [0.25, 0.3) is 0 Å². The smallest absolute Gasteiger partial charge is 0.333 e. The molecule has 1 fully saturated rings. The van der Waals surface area contributed by atoms with E-state index in [-0.39, 0.29) is 18.7 Å². The number of carbonyl (C=O) groups is 4. The number of thioether (sulfide) groups is 1. The van der Waals surface area contributed by atoms with Crippen molar-refractivity contribution in [3.05, 3.63) is 24.3 Å². The molecule has 8 nitrogen and oxygen atoms in total. The zero-order chi connectivity index (χ0) is 20.6. The van der Waals surface area contributed by atoms with E-state index in [1.54, 1.807) is 14.0 Å². The van der Waals surface area contributed by atoms with Crippen LogP contribution in [-0.4, -0.2) is 84.5 Å². The topological polar surface area (TPSA) is 93.2 Å². The molecule has 0 saturated carbocycles. The zero-order valence-corrected chi connectivity index (χ0v) is 16.8. The molecule has 0 aromatic carbocycles. The zero-order valence-electron chi connectivity index (χ0n) is 16.0. The Labute approximate surface area is 163 Å². The van der Waals surface area contributed by atoms with Gasteiger partial charge in [0.15, 0.2) is 0 Å². The highest BCUT2D eigenvalue weighted by atomic mass is 32.2. The first-order valence-corrected chi connectivity index (χ1v) is 9.60. The summed E-state index contributed by atoms with van der Waals surface area (Å²) in [6.45, 7) is 11.3. The normalized spacial score (nSPS) is 15.4. The van der Waals surface area contributed by atoms with Crippen molar-refractivity contribution in [1.29, 1.82) is 0 Å². The van der Waals surface area contributed by atoms with Gasteiger partial charge in [-0.3, -0.25) is 9.59 Å². The molecule has 27 heavy (non-hydrogen) atoms. The highest BCUT2D eigenvalue weighted by Crippen LogP contribution is 2.12. The Morgan fingerprint density at radius 3 is 2.33 bits per heavy atom. The second kappa shape index (κ2) is 10.8. The Hall–Kier alpha value is -2.29. The molecule has 1 aliphatic rings. The molecule has 150 valence electrons. The van der Waals surface area contributed by atoms with E-state index in [0.29, 0.717) is 30.2 Å². The number of likely N-dealkylation sites (N-methyl/N-ethyl adjacent to an activating group) is 1. The predicted octanol–water partition coefficient (Wildman–Crippen LogP) is 0.627. The van der Waals surface area contributed by atoms with Crippen molar-refractivity contribution in [2.24, 2.45) is 0 Å². The van der Waals surface area contributed by atoms with E-state index in [2.05, 4.69) is 13.2 Å². The lowest BCUT2D eigenvalue weighted by Crippen LogP contribution is -2.55. The third kappa shape index (κ3) is 7.46. The number of esters is 2. The quantitative estimate of drug-likeness (QED) is 0.231. The average Bonchev–Trinajstić information content (AvgIpc) is 2.61. The molecule has 0 aromatic heterocycles. The lowest BCUT2D eigenvalue weighted by atomic mass is 10.2. The van der Waals surface area contributed by atoms with E-state index in [9.17, 15) is 19.2 Å². The molecule has 0 radical (unpaired) electrons. The van der Waals surface area contributed by atoms with E-state index in [4.69, 9.17) is 9.47 Å². The maximum absolute atomic E-state index is 12.1. The van der Waals surface area contributed by atoms with Crippen molar-refractivity contribution in [2.45, 2.75) is 20.0 Å². The first-order valence-electron chi connectivity index (χ1n) is 8.44. The largest absolute Gasteiger partial charge is 0.461 e. The molecule has 9 heteroatoms. The standard InChI is InChI=1S/C18H26N2O6S/c1-12(2)17(23)25-8-9-27-11-14(26-18(24)13(3)4)10-20-7-6-19(5)15(21)16(20)22/h14H,1,3,6-11H2,2,4-5H3. The minimum absolute atomic E-state index is 0.121. The fraction of sp³-hybridized carbons (Fsp3) is 0.556. The molecular formula is C18H26N2O6S. The molecule has 2 amide bonds. The summed E-state index contributed by atoms with van der Waals surface area (Å²) in [5.41, 5.74) is 0.577. The number of amides is 2. The van der Waals surface area contributed by atoms with Crippen LogP contribution in [0.5, 0.6) is 0 Å². The molecule has 1 aliphatic heterocycles. The number of ether oxygens (including phenoxy) is 2. The molecule has 1 unspecified atom stereocenters. The predicted molar refractivity (Wildman–Crippen MR) is 102 cm³/mol. The van der Waals surface area contributed by atoms with Crippen molar-refractivity contribution >= 4 is 35.5 Å². The molecule has 1 atom stereocenters. The van der Waals surface area contributed by atoms with Crippen LogP contribution in [0.3, 0.4) is 0 Å². The summed E-state index contributed by atoms with van der Waals surface area (Å²) in [6.07, 6.45) is -0.601. The van der Waals surface area contributed by atoms with Crippen LogP contribution in [0, 0.1) is 0 Å². The third-order valence-corrected chi connectivity index (χ3v) is 4.74. The van der Waals surface area contributed by atoms with Gasteiger partial charge in [-0.1, -0.05) is 13.2 Å². The van der Waals surface area contributed by atoms with E-state index in [1.807, 2.05) is 0 Å². The van der Waals surface area contributed by atoms with Gasteiger partial charge in [-0.2, -0.15) is 11.8 Å².